The molecule has 27 heavy (non-hydrogen) atoms. The molecule has 8 heteroatoms. The number of methoxy groups -OCH3 is 1. The summed E-state index contributed by atoms with van der Waals surface area (Å²) in [4.78, 5) is 37.0. The van der Waals surface area contributed by atoms with Gasteiger partial charge in [-0.3, -0.25) is 15.0 Å². The van der Waals surface area contributed by atoms with Gasteiger partial charge in [-0.05, 0) is 25.3 Å². The minimum absolute atomic E-state index is 0.102. The minimum atomic E-state index is -0.731. The lowest BCUT2D eigenvalue weighted by molar-refractivity contribution is -0.385. The number of benzene rings is 1. The lowest BCUT2D eigenvalue weighted by Crippen LogP contribution is -2.40. The average molecular weight is 373 g/mol. The van der Waals surface area contributed by atoms with Crippen molar-refractivity contribution in [2.75, 3.05) is 7.11 Å². The van der Waals surface area contributed by atoms with Crippen LogP contribution in [0.5, 0.6) is 0 Å². The molecule has 1 atom stereocenters. The number of nitro groups is 1. The Labute approximate surface area is 157 Å². The maximum atomic E-state index is 12.6. The van der Waals surface area contributed by atoms with Crippen LogP contribution in [-0.2, 0) is 9.53 Å². The van der Waals surface area contributed by atoms with E-state index in [1.54, 1.807) is 32.0 Å². The van der Waals surface area contributed by atoms with Gasteiger partial charge in [-0.25, -0.2) is 9.59 Å². The van der Waals surface area contributed by atoms with E-state index in [-0.39, 0.29) is 17.2 Å². The van der Waals surface area contributed by atoms with E-state index in [9.17, 15) is 19.7 Å². The molecule has 8 nitrogen and oxygen atoms in total. The highest BCUT2D eigenvalue weighted by Gasteiger charge is 2.41. The summed E-state index contributed by atoms with van der Waals surface area (Å²) in [6.07, 6.45) is 0. The van der Waals surface area contributed by atoms with E-state index in [1.165, 1.54) is 18.1 Å². The number of carbonyl (C=O) groups excluding carboxylic acids is 2. The summed E-state index contributed by atoms with van der Waals surface area (Å²) in [6.45, 7) is 7.10. The van der Waals surface area contributed by atoms with E-state index >= 15 is 0 Å². The number of urea groups is 1. The van der Waals surface area contributed by atoms with Gasteiger partial charge in [-0.15, -0.1) is 0 Å². The lowest BCUT2D eigenvalue weighted by Gasteiger charge is -2.38. The van der Waals surface area contributed by atoms with Gasteiger partial charge in [0.05, 0.1) is 17.6 Å². The minimum Gasteiger partial charge on any atom is -0.466 e. The van der Waals surface area contributed by atoms with Crippen molar-refractivity contribution in [3.63, 3.8) is 0 Å². The van der Waals surface area contributed by atoms with Gasteiger partial charge in [0.25, 0.3) is 5.69 Å². The van der Waals surface area contributed by atoms with Crippen molar-refractivity contribution in [2.45, 2.75) is 33.6 Å². The van der Waals surface area contributed by atoms with E-state index in [0.29, 0.717) is 22.5 Å². The summed E-state index contributed by atoms with van der Waals surface area (Å²) >= 11 is 0. The van der Waals surface area contributed by atoms with Gasteiger partial charge < -0.3 is 10.5 Å². The zero-order chi connectivity index (χ0) is 20.5. The molecular weight excluding hydrogens is 350 g/mol. The number of rotatable bonds is 4. The maximum absolute atomic E-state index is 12.6. The number of ether oxygens (including phenoxy) is 1. The number of nitrogens with two attached hydrogens (primary N) is 1. The lowest BCUT2D eigenvalue weighted by atomic mass is 9.75. The SMILES string of the molecule is COC(=O)C1=C(C)N(C(N)=O)C(C)=C(C(C)C)C1c1ccccc1[N+](=O)[O-]. The third-order valence-corrected chi connectivity index (χ3v) is 4.77. The van der Waals surface area contributed by atoms with Crippen molar-refractivity contribution >= 4 is 17.7 Å². The number of nitro benzene ring substituents is 1. The van der Waals surface area contributed by atoms with Crippen molar-refractivity contribution in [1.82, 2.24) is 4.90 Å². The Morgan fingerprint density at radius 1 is 1.22 bits per heavy atom. The number of primary amides is 1. The highest BCUT2D eigenvalue weighted by atomic mass is 16.6. The van der Waals surface area contributed by atoms with Gasteiger partial charge in [0.1, 0.15) is 0 Å². The average Bonchev–Trinajstić information content (AvgIpc) is 2.59. The third kappa shape index (κ3) is 3.42. The molecule has 0 saturated heterocycles. The molecule has 1 heterocycles. The maximum Gasteiger partial charge on any atom is 0.336 e. The Bertz CT molecular complexity index is 870. The van der Waals surface area contributed by atoms with Gasteiger partial charge in [0, 0.05) is 28.9 Å². The molecule has 2 rings (SSSR count). The number of amides is 2. The first-order chi connectivity index (χ1) is 12.6. The van der Waals surface area contributed by atoms with Crippen LogP contribution in [0.1, 0.15) is 39.2 Å². The van der Waals surface area contributed by atoms with Crippen molar-refractivity contribution in [3.05, 3.63) is 62.5 Å². The fourth-order valence-electron chi connectivity index (χ4n) is 3.75. The monoisotopic (exact) mass is 373 g/mol. The Morgan fingerprint density at radius 2 is 1.81 bits per heavy atom. The van der Waals surface area contributed by atoms with E-state index in [2.05, 4.69) is 0 Å². The first kappa shape index (κ1) is 20.2. The first-order valence-corrected chi connectivity index (χ1v) is 8.46. The zero-order valence-corrected chi connectivity index (χ0v) is 16.0. The fraction of sp³-hybridized carbons (Fsp3) is 0.368. The first-order valence-electron chi connectivity index (χ1n) is 8.46. The Balaban J connectivity index is 2.91. The molecule has 2 N–H and O–H groups in total. The quantitative estimate of drug-likeness (QED) is 0.493. The molecule has 1 aromatic rings. The molecule has 0 fully saturated rings. The summed E-state index contributed by atoms with van der Waals surface area (Å²) in [6, 6.07) is 5.54. The molecule has 1 aliphatic rings. The van der Waals surface area contributed by atoms with Crippen LogP contribution >= 0.6 is 0 Å². The van der Waals surface area contributed by atoms with Crippen molar-refractivity contribution < 1.29 is 19.2 Å². The second-order valence-electron chi connectivity index (χ2n) is 6.61. The molecular formula is C19H23N3O5. The van der Waals surface area contributed by atoms with Gasteiger partial charge in [-0.2, -0.15) is 0 Å². The third-order valence-electron chi connectivity index (χ3n) is 4.77. The number of allylic oxidation sites excluding steroid dienone is 3. The molecule has 0 radical (unpaired) electrons. The largest absolute Gasteiger partial charge is 0.466 e. The number of nitrogens with zero attached hydrogens (tertiary/aromatic N) is 2. The molecule has 0 aliphatic carbocycles. The number of carbonyl (C=O) groups is 2. The molecule has 0 saturated carbocycles. The van der Waals surface area contributed by atoms with Gasteiger partial charge in [-0.1, -0.05) is 32.0 Å². The number of para-hydroxylation sites is 1. The van der Waals surface area contributed by atoms with Crippen LogP contribution in [-0.4, -0.2) is 28.9 Å². The van der Waals surface area contributed by atoms with Gasteiger partial charge in [0.15, 0.2) is 0 Å². The van der Waals surface area contributed by atoms with Crippen LogP contribution in [0, 0.1) is 16.0 Å². The van der Waals surface area contributed by atoms with Crippen LogP contribution in [0.4, 0.5) is 10.5 Å². The second-order valence-corrected chi connectivity index (χ2v) is 6.61. The molecule has 1 aromatic carbocycles. The zero-order valence-electron chi connectivity index (χ0n) is 16.0. The van der Waals surface area contributed by atoms with E-state index in [1.807, 2.05) is 13.8 Å². The molecule has 144 valence electrons. The Morgan fingerprint density at radius 3 is 2.30 bits per heavy atom. The molecule has 0 aromatic heterocycles. The van der Waals surface area contributed by atoms with Crippen LogP contribution in [0.2, 0.25) is 0 Å². The summed E-state index contributed by atoms with van der Waals surface area (Å²) < 4.78 is 4.94. The predicted octanol–water partition coefficient (Wildman–Crippen LogP) is 3.45. The summed E-state index contributed by atoms with van der Waals surface area (Å²) in [5.41, 5.74) is 7.54. The molecule has 2 amide bonds. The number of esters is 1. The fourth-order valence-corrected chi connectivity index (χ4v) is 3.75. The van der Waals surface area contributed by atoms with Gasteiger partial charge in [0.2, 0.25) is 0 Å². The highest BCUT2D eigenvalue weighted by molar-refractivity contribution is 5.94. The van der Waals surface area contributed by atoms with Gasteiger partial charge >= 0.3 is 12.0 Å². The van der Waals surface area contributed by atoms with Crippen molar-refractivity contribution in [2.24, 2.45) is 11.7 Å². The van der Waals surface area contributed by atoms with E-state index in [0.717, 1.165) is 0 Å². The molecule has 0 bridgehead atoms. The van der Waals surface area contributed by atoms with Crippen LogP contribution in [0.15, 0.2) is 46.8 Å². The van der Waals surface area contributed by atoms with Crippen LogP contribution in [0.3, 0.4) is 0 Å². The van der Waals surface area contributed by atoms with Crippen molar-refractivity contribution in [3.8, 4) is 0 Å². The normalized spacial score (nSPS) is 17.4. The summed E-state index contributed by atoms with van der Waals surface area (Å²) in [5, 5.41) is 11.6. The molecule has 1 aliphatic heterocycles. The topological polar surface area (TPSA) is 116 Å². The molecule has 0 spiro atoms. The Hall–Kier alpha value is -3.16. The highest BCUT2D eigenvalue weighted by Crippen LogP contribution is 2.47. The second kappa shape index (κ2) is 7.61. The van der Waals surface area contributed by atoms with E-state index < -0.39 is 22.8 Å². The molecule has 1 unspecified atom stereocenters. The Kier molecular flexibility index (Phi) is 5.68. The van der Waals surface area contributed by atoms with Crippen LogP contribution < -0.4 is 5.73 Å². The summed E-state index contributed by atoms with van der Waals surface area (Å²) in [7, 11) is 1.23. The number of hydrogen-bond donors (Lipinski definition) is 1. The predicted molar refractivity (Wildman–Crippen MR) is 99.5 cm³/mol. The smallest absolute Gasteiger partial charge is 0.336 e. The van der Waals surface area contributed by atoms with E-state index in [4.69, 9.17) is 10.5 Å². The number of hydrogen-bond acceptors (Lipinski definition) is 5. The standard InChI is InChI=1S/C19H23N3O5/c1-10(2)15-11(3)21(19(20)24)12(4)16(18(23)27-5)17(15)13-8-6-7-9-14(13)22(25)26/h6-10,17H,1-5H3,(H2,20,24). The van der Waals surface area contributed by atoms with Crippen LogP contribution in [0.25, 0.3) is 0 Å². The van der Waals surface area contributed by atoms with Crippen molar-refractivity contribution in [1.29, 1.82) is 0 Å². The summed E-state index contributed by atoms with van der Waals surface area (Å²) in [5.74, 6) is -1.48.